The van der Waals surface area contributed by atoms with Gasteiger partial charge in [-0.3, -0.25) is 4.79 Å². The van der Waals surface area contributed by atoms with E-state index in [1.807, 2.05) is 43.3 Å². The van der Waals surface area contributed by atoms with Crippen molar-refractivity contribution in [1.29, 1.82) is 0 Å². The Kier molecular flexibility index (Phi) is 5.78. The largest absolute Gasteiger partial charge is 0.494 e. The number of hydrogen-bond acceptors (Lipinski definition) is 3. The molecular weight excluding hydrogens is 398 g/mol. The van der Waals surface area contributed by atoms with Crippen molar-refractivity contribution in [3.8, 4) is 5.75 Å². The number of amides is 3. The van der Waals surface area contributed by atoms with E-state index in [2.05, 4.69) is 26.6 Å². The molecule has 3 amide bonds. The second kappa shape index (κ2) is 8.23. The molecule has 1 unspecified atom stereocenters. The van der Waals surface area contributed by atoms with Crippen LogP contribution in [0.15, 0.2) is 53.0 Å². The average Bonchev–Trinajstić information content (AvgIpc) is 2.98. The molecule has 1 saturated heterocycles. The summed E-state index contributed by atoms with van der Waals surface area (Å²) in [6, 6.07) is 14.1. The van der Waals surface area contributed by atoms with Gasteiger partial charge in [-0.05, 0) is 55.5 Å². The van der Waals surface area contributed by atoms with Crippen LogP contribution < -0.4 is 20.3 Å². The van der Waals surface area contributed by atoms with Crippen molar-refractivity contribution in [3.05, 3.63) is 53.0 Å². The van der Waals surface area contributed by atoms with E-state index in [-0.39, 0.29) is 24.4 Å². The van der Waals surface area contributed by atoms with Crippen LogP contribution in [-0.4, -0.2) is 31.1 Å². The van der Waals surface area contributed by atoms with E-state index < -0.39 is 0 Å². The molecule has 7 heteroatoms. The smallest absolute Gasteiger partial charge is 0.319 e. The molecule has 0 aromatic heterocycles. The number of anilines is 2. The predicted molar refractivity (Wildman–Crippen MR) is 105 cm³/mol. The number of ether oxygens (including phenoxy) is 1. The summed E-state index contributed by atoms with van der Waals surface area (Å²) in [4.78, 5) is 26.1. The van der Waals surface area contributed by atoms with Gasteiger partial charge in [0.05, 0.1) is 12.6 Å². The van der Waals surface area contributed by atoms with E-state index in [9.17, 15) is 9.59 Å². The minimum atomic E-state index is -0.321. The molecule has 0 saturated carbocycles. The van der Waals surface area contributed by atoms with E-state index in [1.54, 1.807) is 17.0 Å². The number of carbonyl (C=O) groups is 2. The van der Waals surface area contributed by atoms with Crippen LogP contribution in [0, 0.1) is 0 Å². The van der Waals surface area contributed by atoms with Crippen LogP contribution in [0.3, 0.4) is 0 Å². The molecule has 0 spiro atoms. The molecule has 0 aliphatic carbocycles. The monoisotopic (exact) mass is 417 g/mol. The summed E-state index contributed by atoms with van der Waals surface area (Å²) >= 11 is 3.35. The molecular formula is C19H20BrN3O3. The van der Waals surface area contributed by atoms with Crippen molar-refractivity contribution in [2.75, 3.05) is 23.4 Å². The van der Waals surface area contributed by atoms with E-state index >= 15 is 0 Å². The third-order valence-electron chi connectivity index (χ3n) is 4.02. The fraction of sp³-hybridized carbons (Fsp3) is 0.263. The Morgan fingerprint density at radius 1 is 1.19 bits per heavy atom. The number of nitrogens with zero attached hydrogens (tertiary/aromatic N) is 1. The van der Waals surface area contributed by atoms with Gasteiger partial charge in [0, 0.05) is 28.8 Å². The third kappa shape index (κ3) is 4.54. The summed E-state index contributed by atoms with van der Waals surface area (Å²) in [6.07, 6.45) is 0.279. The number of urea groups is 1. The van der Waals surface area contributed by atoms with Crippen molar-refractivity contribution in [2.45, 2.75) is 19.4 Å². The zero-order chi connectivity index (χ0) is 18.5. The lowest BCUT2D eigenvalue weighted by Crippen LogP contribution is -2.39. The molecule has 0 radical (unpaired) electrons. The Balaban J connectivity index is 1.56. The number of nitrogens with one attached hydrogen (secondary N) is 2. The molecule has 0 bridgehead atoms. The number of benzene rings is 2. The lowest BCUT2D eigenvalue weighted by atomic mass is 10.2. The summed E-state index contributed by atoms with van der Waals surface area (Å²) in [5.74, 6) is 0.759. The highest BCUT2D eigenvalue weighted by atomic mass is 79.9. The highest BCUT2D eigenvalue weighted by Crippen LogP contribution is 2.24. The van der Waals surface area contributed by atoms with Gasteiger partial charge in [0.2, 0.25) is 5.91 Å². The van der Waals surface area contributed by atoms with Gasteiger partial charge in [0.15, 0.2) is 0 Å². The maximum Gasteiger partial charge on any atom is 0.319 e. The zero-order valence-electron chi connectivity index (χ0n) is 14.4. The fourth-order valence-corrected chi connectivity index (χ4v) is 3.09. The van der Waals surface area contributed by atoms with Gasteiger partial charge < -0.3 is 20.3 Å². The number of rotatable bonds is 5. The van der Waals surface area contributed by atoms with E-state index in [4.69, 9.17) is 4.74 Å². The average molecular weight is 418 g/mol. The second-order valence-corrected chi connectivity index (χ2v) is 6.85. The van der Waals surface area contributed by atoms with Crippen LogP contribution in [0.4, 0.5) is 16.2 Å². The van der Waals surface area contributed by atoms with Crippen molar-refractivity contribution >= 4 is 39.2 Å². The molecule has 1 aliphatic heterocycles. The van der Waals surface area contributed by atoms with Gasteiger partial charge in [-0.1, -0.05) is 15.9 Å². The molecule has 136 valence electrons. The Hall–Kier alpha value is -2.54. The van der Waals surface area contributed by atoms with Gasteiger partial charge in [-0.2, -0.15) is 0 Å². The van der Waals surface area contributed by atoms with E-state index in [0.717, 1.165) is 15.9 Å². The minimum Gasteiger partial charge on any atom is -0.494 e. The van der Waals surface area contributed by atoms with Gasteiger partial charge in [0.25, 0.3) is 0 Å². The third-order valence-corrected chi connectivity index (χ3v) is 4.55. The standard InChI is InChI=1S/C19H20BrN3O3/c1-2-26-17-9-7-16(8-10-17)23-12-15(11-18(23)24)22-19(25)21-14-5-3-13(20)4-6-14/h3-10,15H,2,11-12H2,1H3,(H2,21,22,25). The normalized spacial score (nSPS) is 16.5. The van der Waals surface area contributed by atoms with Gasteiger partial charge in [-0.15, -0.1) is 0 Å². The first-order valence-electron chi connectivity index (χ1n) is 8.41. The molecule has 1 aliphatic rings. The summed E-state index contributed by atoms with van der Waals surface area (Å²) in [5, 5.41) is 5.62. The van der Waals surface area contributed by atoms with Crippen LogP contribution in [0.5, 0.6) is 5.75 Å². The molecule has 3 rings (SSSR count). The molecule has 1 fully saturated rings. The van der Waals surface area contributed by atoms with Crippen molar-refractivity contribution < 1.29 is 14.3 Å². The fourth-order valence-electron chi connectivity index (χ4n) is 2.83. The summed E-state index contributed by atoms with van der Waals surface area (Å²) in [5.41, 5.74) is 1.49. The minimum absolute atomic E-state index is 0.0110. The molecule has 2 N–H and O–H groups in total. The lowest BCUT2D eigenvalue weighted by molar-refractivity contribution is -0.117. The Morgan fingerprint density at radius 3 is 2.54 bits per heavy atom. The van der Waals surface area contributed by atoms with Gasteiger partial charge in [0.1, 0.15) is 5.75 Å². The number of hydrogen-bond donors (Lipinski definition) is 2. The highest BCUT2D eigenvalue weighted by Gasteiger charge is 2.31. The molecule has 6 nitrogen and oxygen atoms in total. The van der Waals surface area contributed by atoms with Crippen molar-refractivity contribution in [1.82, 2.24) is 5.32 Å². The summed E-state index contributed by atoms with van der Waals surface area (Å²) < 4.78 is 6.36. The van der Waals surface area contributed by atoms with Crippen molar-refractivity contribution in [2.24, 2.45) is 0 Å². The topological polar surface area (TPSA) is 70.7 Å². The van der Waals surface area contributed by atoms with Gasteiger partial charge in [-0.25, -0.2) is 4.79 Å². The highest BCUT2D eigenvalue weighted by molar-refractivity contribution is 9.10. The van der Waals surface area contributed by atoms with Crippen LogP contribution >= 0.6 is 15.9 Å². The Bertz CT molecular complexity index is 778. The molecule has 26 heavy (non-hydrogen) atoms. The van der Waals surface area contributed by atoms with Crippen LogP contribution in [-0.2, 0) is 4.79 Å². The first kappa shape index (κ1) is 18.3. The Labute approximate surface area is 160 Å². The maximum atomic E-state index is 12.3. The van der Waals surface area contributed by atoms with Gasteiger partial charge >= 0.3 is 6.03 Å². The van der Waals surface area contributed by atoms with Crippen molar-refractivity contribution in [3.63, 3.8) is 0 Å². The molecule has 1 atom stereocenters. The SMILES string of the molecule is CCOc1ccc(N2CC(NC(=O)Nc3ccc(Br)cc3)CC2=O)cc1. The lowest BCUT2D eigenvalue weighted by Gasteiger charge is -2.18. The van der Waals surface area contributed by atoms with E-state index in [1.165, 1.54) is 0 Å². The summed E-state index contributed by atoms with van der Waals surface area (Å²) in [7, 11) is 0. The maximum absolute atomic E-state index is 12.3. The predicted octanol–water partition coefficient (Wildman–Crippen LogP) is 3.77. The van der Waals surface area contributed by atoms with Crippen LogP contribution in [0.1, 0.15) is 13.3 Å². The summed E-state index contributed by atoms with van der Waals surface area (Å²) in [6.45, 7) is 2.97. The molecule has 2 aromatic rings. The first-order valence-corrected chi connectivity index (χ1v) is 9.21. The quantitative estimate of drug-likeness (QED) is 0.777. The second-order valence-electron chi connectivity index (χ2n) is 5.94. The molecule has 1 heterocycles. The van der Waals surface area contributed by atoms with Crippen LogP contribution in [0.2, 0.25) is 0 Å². The zero-order valence-corrected chi connectivity index (χ0v) is 16.0. The Morgan fingerprint density at radius 2 is 1.88 bits per heavy atom. The number of carbonyl (C=O) groups excluding carboxylic acids is 2. The van der Waals surface area contributed by atoms with Crippen LogP contribution in [0.25, 0.3) is 0 Å². The number of halogens is 1. The first-order chi connectivity index (χ1) is 12.5. The molecule has 2 aromatic carbocycles. The van der Waals surface area contributed by atoms with E-state index in [0.29, 0.717) is 18.8 Å².